The molecule has 152 valence electrons. The Kier molecular flexibility index (Phi) is 8.04. The van der Waals surface area contributed by atoms with Crippen LogP contribution in [0.15, 0.2) is 30.3 Å². The number of alkyl carbamates (subject to hydrolysis) is 1. The Balaban J connectivity index is 3.45. The third-order valence-corrected chi connectivity index (χ3v) is 9.31. The van der Waals surface area contributed by atoms with Crippen molar-refractivity contribution in [3.05, 3.63) is 35.9 Å². The standard InChI is InChI=1S/C20H33NO5Si/c1-7-27(8-2,9-3)26-20(15-17(22)23,16-13-11-10-12-14-16)21-18(24)25-19(4,5)6/h10-14H,7-9,15H2,1-6H3,(H,21,24)(H,22,23). The van der Waals surface area contributed by atoms with E-state index in [4.69, 9.17) is 9.16 Å². The molecule has 2 N–H and O–H groups in total. The highest BCUT2D eigenvalue weighted by atomic mass is 28.4. The smallest absolute Gasteiger partial charge is 0.410 e. The number of carboxylic acid groups (broad SMARTS) is 1. The van der Waals surface area contributed by atoms with Crippen molar-refractivity contribution in [2.75, 3.05) is 0 Å². The Morgan fingerprint density at radius 2 is 1.56 bits per heavy atom. The van der Waals surface area contributed by atoms with Crippen LogP contribution in [0.25, 0.3) is 0 Å². The summed E-state index contributed by atoms with van der Waals surface area (Å²) in [5.74, 6) is -1.05. The number of hydrogen-bond acceptors (Lipinski definition) is 4. The summed E-state index contributed by atoms with van der Waals surface area (Å²) in [5.41, 5.74) is -1.57. The number of nitrogens with one attached hydrogen (secondary N) is 1. The Labute approximate surface area is 163 Å². The molecule has 0 heterocycles. The second-order valence-corrected chi connectivity index (χ2v) is 12.4. The van der Waals surface area contributed by atoms with Crippen LogP contribution < -0.4 is 5.32 Å². The molecule has 1 amide bonds. The molecular weight excluding hydrogens is 362 g/mol. The maximum atomic E-state index is 12.6. The fraction of sp³-hybridized carbons (Fsp3) is 0.600. The molecule has 0 aliphatic heterocycles. The number of ether oxygens (including phenoxy) is 1. The van der Waals surface area contributed by atoms with Crippen LogP contribution in [-0.2, 0) is 19.7 Å². The Morgan fingerprint density at radius 3 is 1.96 bits per heavy atom. The number of carbonyl (C=O) groups is 2. The van der Waals surface area contributed by atoms with Crippen molar-refractivity contribution in [1.82, 2.24) is 5.32 Å². The first-order chi connectivity index (χ1) is 12.5. The van der Waals surface area contributed by atoms with Crippen molar-refractivity contribution in [1.29, 1.82) is 0 Å². The quantitative estimate of drug-likeness (QED) is 0.461. The van der Waals surface area contributed by atoms with E-state index < -0.39 is 31.7 Å². The minimum Gasteiger partial charge on any atom is -0.481 e. The van der Waals surface area contributed by atoms with Gasteiger partial charge in [0.25, 0.3) is 0 Å². The molecule has 1 rings (SSSR count). The van der Waals surface area contributed by atoms with Crippen LogP contribution in [0.2, 0.25) is 18.1 Å². The summed E-state index contributed by atoms with van der Waals surface area (Å²) in [7, 11) is -2.26. The Hall–Kier alpha value is -1.86. The molecule has 0 aliphatic carbocycles. The van der Waals surface area contributed by atoms with Gasteiger partial charge in [0.1, 0.15) is 5.60 Å². The van der Waals surface area contributed by atoms with E-state index in [0.717, 1.165) is 18.1 Å². The molecule has 0 bridgehead atoms. The fourth-order valence-corrected chi connectivity index (χ4v) is 5.98. The Bertz CT molecular complexity index is 617. The summed E-state index contributed by atoms with van der Waals surface area (Å²) in [4.78, 5) is 24.3. The van der Waals surface area contributed by atoms with Crippen molar-refractivity contribution in [3.63, 3.8) is 0 Å². The molecule has 1 aromatic rings. The minimum atomic E-state index is -2.26. The number of benzene rings is 1. The van der Waals surface area contributed by atoms with Crippen molar-refractivity contribution in [2.45, 2.75) is 77.4 Å². The maximum absolute atomic E-state index is 12.6. The molecule has 0 saturated carbocycles. The van der Waals surface area contributed by atoms with Gasteiger partial charge in [-0.1, -0.05) is 51.1 Å². The van der Waals surface area contributed by atoms with Crippen LogP contribution in [0.4, 0.5) is 4.79 Å². The van der Waals surface area contributed by atoms with Gasteiger partial charge in [0.2, 0.25) is 0 Å². The minimum absolute atomic E-state index is 0.384. The molecule has 0 aromatic heterocycles. The molecule has 1 aromatic carbocycles. The first-order valence-electron chi connectivity index (χ1n) is 9.50. The summed E-state index contributed by atoms with van der Waals surface area (Å²) >= 11 is 0. The highest BCUT2D eigenvalue weighted by Crippen LogP contribution is 2.35. The predicted octanol–water partition coefficient (Wildman–Crippen LogP) is 4.86. The van der Waals surface area contributed by atoms with E-state index in [1.165, 1.54) is 0 Å². The van der Waals surface area contributed by atoms with E-state index in [1.54, 1.807) is 45.0 Å². The van der Waals surface area contributed by atoms with Gasteiger partial charge in [0.05, 0.1) is 6.42 Å². The predicted molar refractivity (Wildman–Crippen MR) is 108 cm³/mol. The second-order valence-electron chi connectivity index (χ2n) is 7.74. The molecule has 1 atom stereocenters. The zero-order chi connectivity index (χ0) is 20.7. The van der Waals surface area contributed by atoms with Crippen molar-refractivity contribution < 1.29 is 23.9 Å². The van der Waals surface area contributed by atoms with Crippen molar-refractivity contribution in [2.24, 2.45) is 0 Å². The molecule has 27 heavy (non-hydrogen) atoms. The van der Waals surface area contributed by atoms with Crippen LogP contribution >= 0.6 is 0 Å². The van der Waals surface area contributed by atoms with Gasteiger partial charge in [0.15, 0.2) is 14.0 Å². The average Bonchev–Trinajstić information content (AvgIpc) is 2.58. The van der Waals surface area contributed by atoms with Crippen molar-refractivity contribution in [3.8, 4) is 0 Å². The topological polar surface area (TPSA) is 84.9 Å². The molecule has 6 nitrogen and oxygen atoms in total. The zero-order valence-electron chi connectivity index (χ0n) is 17.3. The summed E-state index contributed by atoms with van der Waals surface area (Å²) in [6.07, 6.45) is -1.08. The molecule has 0 aliphatic rings. The summed E-state index contributed by atoms with van der Waals surface area (Å²) in [6.45, 7) is 11.5. The number of carboxylic acids is 1. The van der Waals surface area contributed by atoms with E-state index in [9.17, 15) is 14.7 Å². The van der Waals surface area contributed by atoms with E-state index in [1.807, 2.05) is 6.07 Å². The fourth-order valence-electron chi connectivity index (χ4n) is 3.06. The van der Waals surface area contributed by atoms with Gasteiger partial charge in [-0.2, -0.15) is 0 Å². The number of hydrogen-bond donors (Lipinski definition) is 2. The van der Waals surface area contributed by atoms with Gasteiger partial charge in [-0.3, -0.25) is 10.1 Å². The third kappa shape index (κ3) is 6.66. The first kappa shape index (κ1) is 23.2. The summed E-state index contributed by atoms with van der Waals surface area (Å²) in [5, 5.41) is 12.4. The normalized spacial score (nSPS) is 14.3. The van der Waals surface area contributed by atoms with Crippen LogP contribution in [0.1, 0.15) is 53.5 Å². The lowest BCUT2D eigenvalue weighted by molar-refractivity contribution is -0.143. The monoisotopic (exact) mass is 395 g/mol. The van der Waals surface area contributed by atoms with E-state index in [0.29, 0.717) is 5.56 Å². The van der Waals surface area contributed by atoms with Crippen LogP contribution in [0, 0.1) is 0 Å². The lowest BCUT2D eigenvalue weighted by Crippen LogP contribution is -2.56. The third-order valence-electron chi connectivity index (χ3n) is 4.67. The van der Waals surface area contributed by atoms with E-state index >= 15 is 0 Å². The second kappa shape index (κ2) is 9.37. The van der Waals surface area contributed by atoms with Gasteiger partial charge in [-0.25, -0.2) is 4.79 Å². The van der Waals surface area contributed by atoms with Gasteiger partial charge in [-0.15, -0.1) is 0 Å². The molecule has 0 spiro atoms. The largest absolute Gasteiger partial charge is 0.481 e. The highest BCUT2D eigenvalue weighted by Gasteiger charge is 2.45. The zero-order valence-corrected chi connectivity index (χ0v) is 18.3. The van der Waals surface area contributed by atoms with Gasteiger partial charge in [-0.05, 0) is 38.9 Å². The lowest BCUT2D eigenvalue weighted by atomic mass is 9.99. The Morgan fingerprint density at radius 1 is 1.04 bits per heavy atom. The molecular formula is C20H33NO5Si. The SMILES string of the molecule is CC[Si](CC)(CC)OC(CC(=O)O)(NC(=O)OC(C)(C)C)c1ccccc1. The van der Waals surface area contributed by atoms with Crippen LogP contribution in [0.3, 0.4) is 0 Å². The summed E-state index contributed by atoms with van der Waals surface area (Å²) in [6, 6.07) is 11.5. The molecule has 0 saturated heterocycles. The highest BCUT2D eigenvalue weighted by molar-refractivity contribution is 6.73. The van der Waals surface area contributed by atoms with Gasteiger partial charge < -0.3 is 14.3 Å². The van der Waals surface area contributed by atoms with Gasteiger partial charge >= 0.3 is 12.1 Å². The number of rotatable bonds is 9. The lowest BCUT2D eigenvalue weighted by Gasteiger charge is -2.42. The van der Waals surface area contributed by atoms with Crippen LogP contribution in [0.5, 0.6) is 0 Å². The number of amides is 1. The number of aliphatic carboxylic acids is 1. The maximum Gasteiger partial charge on any atom is 0.410 e. The van der Waals surface area contributed by atoms with E-state index in [-0.39, 0.29) is 6.42 Å². The van der Waals surface area contributed by atoms with Gasteiger partial charge in [0, 0.05) is 5.56 Å². The summed E-state index contributed by atoms with van der Waals surface area (Å²) < 4.78 is 12.0. The molecule has 1 unspecified atom stereocenters. The molecule has 7 heteroatoms. The molecule has 0 radical (unpaired) electrons. The van der Waals surface area contributed by atoms with E-state index in [2.05, 4.69) is 26.1 Å². The molecule has 0 fully saturated rings. The van der Waals surface area contributed by atoms with Crippen LogP contribution in [-0.4, -0.2) is 31.1 Å². The van der Waals surface area contributed by atoms with Crippen molar-refractivity contribution >= 4 is 20.4 Å². The average molecular weight is 396 g/mol. The first-order valence-corrected chi connectivity index (χ1v) is 12.0. The number of carbonyl (C=O) groups excluding carboxylic acids is 1.